The maximum absolute atomic E-state index is 13.8. The summed E-state index contributed by atoms with van der Waals surface area (Å²) in [6.07, 6.45) is -4.66. The average Bonchev–Trinajstić information content (AvgIpc) is 3.08. The fourth-order valence-electron chi connectivity index (χ4n) is 3.72. The van der Waals surface area contributed by atoms with E-state index in [1.807, 2.05) is 4.90 Å². The zero-order chi connectivity index (χ0) is 20.8. The number of fused-ring (bicyclic) bond motifs is 1. The van der Waals surface area contributed by atoms with Crippen molar-refractivity contribution in [3.8, 4) is 11.1 Å². The van der Waals surface area contributed by atoms with E-state index in [9.17, 15) is 17.6 Å². The number of alkyl halides is 3. The predicted octanol–water partition coefficient (Wildman–Crippen LogP) is 4.00. The van der Waals surface area contributed by atoms with Crippen molar-refractivity contribution in [2.45, 2.75) is 20.0 Å². The van der Waals surface area contributed by atoms with Crippen LogP contribution in [0.1, 0.15) is 18.3 Å². The summed E-state index contributed by atoms with van der Waals surface area (Å²) in [6, 6.07) is 6.69. The second kappa shape index (κ2) is 7.29. The molecule has 1 fully saturated rings. The van der Waals surface area contributed by atoms with Crippen molar-refractivity contribution in [3.05, 3.63) is 47.5 Å². The highest BCUT2D eigenvalue weighted by Crippen LogP contribution is 2.39. The molecule has 0 amide bonds. The van der Waals surface area contributed by atoms with Gasteiger partial charge in [0, 0.05) is 37.9 Å². The third kappa shape index (κ3) is 3.66. The minimum Gasteiger partial charge on any atom is -0.354 e. The first-order valence-electron chi connectivity index (χ1n) is 9.48. The number of likely N-dealkylation sites (N-methyl/N-ethyl adjacent to an activating group) is 1. The van der Waals surface area contributed by atoms with Gasteiger partial charge in [-0.05, 0) is 31.2 Å². The minimum absolute atomic E-state index is 0.122. The molecule has 1 aliphatic heterocycles. The maximum atomic E-state index is 13.8. The van der Waals surface area contributed by atoms with Crippen molar-refractivity contribution in [1.82, 2.24) is 19.5 Å². The van der Waals surface area contributed by atoms with Crippen LogP contribution in [0.15, 0.2) is 30.3 Å². The van der Waals surface area contributed by atoms with Crippen LogP contribution in [0.3, 0.4) is 0 Å². The molecule has 0 unspecified atom stereocenters. The zero-order valence-electron chi connectivity index (χ0n) is 16.2. The second-order valence-corrected chi connectivity index (χ2v) is 7.14. The first kappa shape index (κ1) is 19.6. The van der Waals surface area contributed by atoms with Crippen LogP contribution in [0.25, 0.3) is 16.8 Å². The van der Waals surface area contributed by atoms with Crippen LogP contribution < -0.4 is 4.90 Å². The van der Waals surface area contributed by atoms with Gasteiger partial charge in [-0.15, -0.1) is 0 Å². The van der Waals surface area contributed by atoms with Gasteiger partial charge in [-0.3, -0.25) is 0 Å². The number of rotatable bonds is 3. The number of anilines is 1. The van der Waals surface area contributed by atoms with Crippen molar-refractivity contribution in [3.63, 3.8) is 0 Å². The van der Waals surface area contributed by atoms with Crippen LogP contribution in [0, 0.1) is 12.7 Å². The molecule has 0 radical (unpaired) electrons. The van der Waals surface area contributed by atoms with Crippen molar-refractivity contribution in [2.75, 3.05) is 37.6 Å². The van der Waals surface area contributed by atoms with Gasteiger partial charge in [-0.2, -0.15) is 22.8 Å². The number of hydrogen-bond donors (Lipinski definition) is 0. The third-order valence-corrected chi connectivity index (χ3v) is 5.24. The molecule has 29 heavy (non-hydrogen) atoms. The lowest BCUT2D eigenvalue weighted by Gasteiger charge is -2.35. The lowest BCUT2D eigenvalue weighted by atomic mass is 10.1. The maximum Gasteiger partial charge on any atom is 0.435 e. The van der Waals surface area contributed by atoms with E-state index in [0.29, 0.717) is 24.6 Å². The standard InChI is InChI=1S/C20H21F4N5/c1-3-27-8-10-28(11-9-27)16-12-13(2)25-19-17(14-4-6-15(21)7-5-14)18(20(22,23)24)26-29(16)19/h4-7,12H,3,8-11H2,1-2H3. The lowest BCUT2D eigenvalue weighted by Crippen LogP contribution is -2.46. The fraction of sp³-hybridized carbons (Fsp3) is 0.400. The minimum atomic E-state index is -4.66. The van der Waals surface area contributed by atoms with Crippen LogP contribution in [-0.2, 0) is 6.18 Å². The van der Waals surface area contributed by atoms with Gasteiger partial charge in [0.15, 0.2) is 11.3 Å². The predicted molar refractivity (Wildman–Crippen MR) is 102 cm³/mol. The summed E-state index contributed by atoms with van der Waals surface area (Å²) in [7, 11) is 0. The van der Waals surface area contributed by atoms with Gasteiger partial charge < -0.3 is 9.80 Å². The molecule has 1 saturated heterocycles. The Labute approximate surface area is 165 Å². The molecule has 0 N–H and O–H groups in total. The summed E-state index contributed by atoms with van der Waals surface area (Å²) in [5.74, 6) is 0.0690. The van der Waals surface area contributed by atoms with E-state index in [1.165, 1.54) is 16.6 Å². The molecule has 1 aromatic carbocycles. The van der Waals surface area contributed by atoms with Crippen molar-refractivity contribution < 1.29 is 17.6 Å². The average molecular weight is 407 g/mol. The van der Waals surface area contributed by atoms with Crippen LogP contribution in [0.2, 0.25) is 0 Å². The molecule has 3 aromatic rings. The molecule has 0 saturated carbocycles. The summed E-state index contributed by atoms with van der Waals surface area (Å²) >= 11 is 0. The molecule has 0 spiro atoms. The van der Waals surface area contributed by atoms with E-state index in [-0.39, 0.29) is 16.8 Å². The first-order valence-corrected chi connectivity index (χ1v) is 9.48. The van der Waals surface area contributed by atoms with E-state index in [1.54, 1.807) is 13.0 Å². The van der Waals surface area contributed by atoms with Crippen LogP contribution in [-0.4, -0.2) is 52.2 Å². The zero-order valence-corrected chi connectivity index (χ0v) is 16.2. The Morgan fingerprint density at radius 1 is 1.03 bits per heavy atom. The smallest absolute Gasteiger partial charge is 0.354 e. The molecule has 2 aromatic heterocycles. The van der Waals surface area contributed by atoms with Gasteiger partial charge in [0.1, 0.15) is 11.6 Å². The van der Waals surface area contributed by atoms with Crippen LogP contribution >= 0.6 is 0 Å². The molecule has 4 rings (SSSR count). The number of hydrogen-bond acceptors (Lipinski definition) is 4. The lowest BCUT2D eigenvalue weighted by molar-refractivity contribution is -0.140. The molecule has 0 atom stereocenters. The Bertz CT molecular complexity index is 1020. The Hall–Kier alpha value is -2.68. The van der Waals surface area contributed by atoms with Gasteiger partial charge in [-0.25, -0.2) is 9.37 Å². The van der Waals surface area contributed by atoms with Crippen molar-refractivity contribution in [2.24, 2.45) is 0 Å². The molecule has 3 heterocycles. The van der Waals surface area contributed by atoms with Crippen LogP contribution in [0.4, 0.5) is 23.4 Å². The number of halogens is 4. The largest absolute Gasteiger partial charge is 0.435 e. The fourth-order valence-corrected chi connectivity index (χ4v) is 3.72. The second-order valence-electron chi connectivity index (χ2n) is 7.14. The van der Waals surface area contributed by atoms with Gasteiger partial charge in [0.05, 0.1) is 5.56 Å². The number of nitrogens with zero attached hydrogens (tertiary/aromatic N) is 5. The third-order valence-electron chi connectivity index (χ3n) is 5.24. The highest BCUT2D eigenvalue weighted by molar-refractivity contribution is 5.81. The van der Waals surface area contributed by atoms with Crippen molar-refractivity contribution >= 4 is 11.5 Å². The summed E-state index contributed by atoms with van der Waals surface area (Å²) in [6.45, 7) is 7.82. The first-order chi connectivity index (χ1) is 13.8. The molecular weight excluding hydrogens is 386 g/mol. The molecule has 0 aliphatic carbocycles. The summed E-state index contributed by atoms with van der Waals surface area (Å²) in [5.41, 5.74) is -0.196. The Balaban J connectivity index is 1.91. The van der Waals surface area contributed by atoms with Gasteiger partial charge in [-0.1, -0.05) is 19.1 Å². The van der Waals surface area contributed by atoms with Gasteiger partial charge in [0.2, 0.25) is 0 Å². The number of aromatic nitrogens is 3. The Morgan fingerprint density at radius 3 is 2.28 bits per heavy atom. The molecule has 9 heteroatoms. The Morgan fingerprint density at radius 2 is 1.69 bits per heavy atom. The molecule has 0 bridgehead atoms. The van der Waals surface area contributed by atoms with Crippen molar-refractivity contribution in [1.29, 1.82) is 0 Å². The monoisotopic (exact) mass is 407 g/mol. The molecule has 154 valence electrons. The van der Waals surface area contributed by atoms with E-state index in [0.717, 1.165) is 31.8 Å². The Kier molecular flexibility index (Phi) is 4.94. The molecule has 1 aliphatic rings. The van der Waals surface area contributed by atoms with E-state index in [2.05, 4.69) is 21.9 Å². The summed E-state index contributed by atoms with van der Waals surface area (Å²) < 4.78 is 56.1. The SMILES string of the molecule is CCN1CCN(c2cc(C)nc3c(-c4ccc(F)cc4)c(C(F)(F)F)nn23)CC1. The summed E-state index contributed by atoms with van der Waals surface area (Å²) in [5, 5.41) is 3.92. The highest BCUT2D eigenvalue weighted by atomic mass is 19.4. The number of benzene rings is 1. The summed E-state index contributed by atoms with van der Waals surface area (Å²) in [4.78, 5) is 8.69. The van der Waals surface area contributed by atoms with Gasteiger partial charge >= 0.3 is 6.18 Å². The van der Waals surface area contributed by atoms with E-state index in [4.69, 9.17) is 0 Å². The number of piperazine rings is 1. The van der Waals surface area contributed by atoms with E-state index >= 15 is 0 Å². The van der Waals surface area contributed by atoms with Gasteiger partial charge in [0.25, 0.3) is 0 Å². The van der Waals surface area contributed by atoms with Crippen LogP contribution in [0.5, 0.6) is 0 Å². The number of aryl methyl sites for hydroxylation is 1. The molecule has 5 nitrogen and oxygen atoms in total. The highest BCUT2D eigenvalue weighted by Gasteiger charge is 2.39. The normalized spacial score (nSPS) is 16.0. The van der Waals surface area contributed by atoms with E-state index < -0.39 is 17.7 Å². The topological polar surface area (TPSA) is 36.7 Å². The quantitative estimate of drug-likeness (QED) is 0.615. The molecular formula is C20H21F4N5.